The van der Waals surface area contributed by atoms with E-state index in [4.69, 9.17) is 0 Å². The first kappa shape index (κ1) is 13.2. The summed E-state index contributed by atoms with van der Waals surface area (Å²) in [6.45, 7) is 0. The van der Waals surface area contributed by atoms with Crippen molar-refractivity contribution in [2.24, 2.45) is 0 Å². The van der Waals surface area contributed by atoms with Gasteiger partial charge in [0.05, 0.1) is 6.04 Å². The fraction of sp³-hybridized carbons (Fsp3) is 0.125. The van der Waals surface area contributed by atoms with Crippen molar-refractivity contribution in [3.05, 3.63) is 70.6 Å². The zero-order valence-corrected chi connectivity index (χ0v) is 11.7. The first-order valence-corrected chi connectivity index (χ1v) is 7.11. The SMILES string of the molecule is CNC(c1cccc(F)c1)c1cc2ccc(F)cc2s1. The molecule has 1 N–H and O–H groups in total. The van der Waals surface area contributed by atoms with Crippen molar-refractivity contribution in [2.45, 2.75) is 6.04 Å². The lowest BCUT2D eigenvalue weighted by atomic mass is 10.0. The molecule has 1 nitrogen and oxygen atoms in total. The van der Waals surface area contributed by atoms with E-state index in [-0.39, 0.29) is 17.7 Å². The first-order chi connectivity index (χ1) is 9.67. The molecule has 3 rings (SSSR count). The monoisotopic (exact) mass is 289 g/mol. The summed E-state index contributed by atoms with van der Waals surface area (Å²) in [6.07, 6.45) is 0. The maximum Gasteiger partial charge on any atom is 0.124 e. The summed E-state index contributed by atoms with van der Waals surface area (Å²) in [6, 6.07) is 13.2. The third-order valence-electron chi connectivity index (χ3n) is 3.26. The molecule has 0 radical (unpaired) electrons. The van der Waals surface area contributed by atoms with Crippen molar-refractivity contribution in [3.8, 4) is 0 Å². The Labute approximate surface area is 119 Å². The summed E-state index contributed by atoms with van der Waals surface area (Å²) in [5.41, 5.74) is 0.861. The van der Waals surface area contributed by atoms with Crippen LogP contribution in [-0.4, -0.2) is 7.05 Å². The number of nitrogens with one attached hydrogen (secondary N) is 1. The Balaban J connectivity index is 2.07. The molecule has 0 saturated carbocycles. The van der Waals surface area contributed by atoms with Crippen LogP contribution in [0.4, 0.5) is 8.78 Å². The Morgan fingerprint density at radius 2 is 1.80 bits per heavy atom. The van der Waals surface area contributed by atoms with E-state index in [1.54, 1.807) is 12.1 Å². The number of hydrogen-bond acceptors (Lipinski definition) is 2. The molecule has 2 aromatic carbocycles. The molecule has 102 valence electrons. The van der Waals surface area contributed by atoms with Gasteiger partial charge in [0.25, 0.3) is 0 Å². The highest BCUT2D eigenvalue weighted by molar-refractivity contribution is 7.19. The van der Waals surface area contributed by atoms with E-state index in [0.29, 0.717) is 0 Å². The van der Waals surface area contributed by atoms with Crippen LogP contribution in [0.15, 0.2) is 48.5 Å². The van der Waals surface area contributed by atoms with E-state index >= 15 is 0 Å². The van der Waals surface area contributed by atoms with Crippen LogP contribution in [0.25, 0.3) is 10.1 Å². The highest BCUT2D eigenvalue weighted by Gasteiger charge is 2.15. The van der Waals surface area contributed by atoms with Gasteiger partial charge in [-0.3, -0.25) is 0 Å². The fourth-order valence-corrected chi connectivity index (χ4v) is 3.56. The van der Waals surface area contributed by atoms with E-state index in [9.17, 15) is 8.78 Å². The van der Waals surface area contributed by atoms with Gasteiger partial charge in [-0.25, -0.2) is 8.78 Å². The van der Waals surface area contributed by atoms with Crippen LogP contribution >= 0.6 is 11.3 Å². The predicted molar refractivity (Wildman–Crippen MR) is 79.1 cm³/mol. The molecule has 0 amide bonds. The molecule has 1 heterocycles. The summed E-state index contributed by atoms with van der Waals surface area (Å²) in [7, 11) is 1.83. The lowest BCUT2D eigenvalue weighted by Crippen LogP contribution is -2.16. The predicted octanol–water partition coefficient (Wildman–Crippen LogP) is 4.49. The largest absolute Gasteiger partial charge is 0.309 e. The van der Waals surface area contributed by atoms with Gasteiger partial charge < -0.3 is 5.32 Å². The second-order valence-electron chi connectivity index (χ2n) is 4.61. The number of fused-ring (bicyclic) bond motifs is 1. The van der Waals surface area contributed by atoms with Crippen LogP contribution in [0, 0.1) is 11.6 Å². The van der Waals surface area contributed by atoms with Gasteiger partial charge in [-0.05, 0) is 48.3 Å². The lowest BCUT2D eigenvalue weighted by molar-refractivity contribution is 0.618. The summed E-state index contributed by atoms with van der Waals surface area (Å²) >= 11 is 1.52. The number of benzene rings is 2. The Morgan fingerprint density at radius 3 is 2.55 bits per heavy atom. The van der Waals surface area contributed by atoms with E-state index in [1.165, 1.54) is 35.6 Å². The fourth-order valence-electron chi connectivity index (χ4n) is 2.33. The first-order valence-electron chi connectivity index (χ1n) is 6.29. The molecule has 0 aliphatic carbocycles. The van der Waals surface area contributed by atoms with Crippen LogP contribution in [0.2, 0.25) is 0 Å². The third kappa shape index (κ3) is 2.44. The summed E-state index contributed by atoms with van der Waals surface area (Å²) in [5.74, 6) is -0.493. The maximum absolute atomic E-state index is 13.4. The van der Waals surface area contributed by atoms with Gasteiger partial charge in [-0.15, -0.1) is 11.3 Å². The van der Waals surface area contributed by atoms with E-state index in [1.807, 2.05) is 19.2 Å². The summed E-state index contributed by atoms with van der Waals surface area (Å²) < 4.78 is 27.5. The number of rotatable bonds is 3. The summed E-state index contributed by atoms with van der Waals surface area (Å²) in [4.78, 5) is 1.04. The Bertz CT molecular complexity index is 751. The Kier molecular flexibility index (Phi) is 3.51. The van der Waals surface area contributed by atoms with E-state index in [0.717, 1.165) is 20.5 Å². The molecule has 20 heavy (non-hydrogen) atoms. The van der Waals surface area contributed by atoms with Crippen LogP contribution in [0.5, 0.6) is 0 Å². The molecule has 0 bridgehead atoms. The van der Waals surface area contributed by atoms with Crippen molar-refractivity contribution in [1.29, 1.82) is 0 Å². The molecule has 1 aromatic heterocycles. The minimum atomic E-state index is -0.255. The molecule has 0 aliphatic rings. The lowest BCUT2D eigenvalue weighted by Gasteiger charge is -2.14. The maximum atomic E-state index is 13.4. The second kappa shape index (κ2) is 5.31. The van der Waals surface area contributed by atoms with Crippen molar-refractivity contribution in [3.63, 3.8) is 0 Å². The molecule has 0 saturated heterocycles. The second-order valence-corrected chi connectivity index (χ2v) is 5.72. The topological polar surface area (TPSA) is 12.0 Å². The van der Waals surface area contributed by atoms with E-state index in [2.05, 4.69) is 5.32 Å². The molecular formula is C16H13F2NS. The highest BCUT2D eigenvalue weighted by Crippen LogP contribution is 2.33. The Morgan fingerprint density at radius 1 is 1.00 bits per heavy atom. The van der Waals surface area contributed by atoms with Gasteiger partial charge in [0.15, 0.2) is 0 Å². The number of halogens is 2. The van der Waals surface area contributed by atoms with Crippen LogP contribution in [0.1, 0.15) is 16.5 Å². The molecule has 0 aliphatic heterocycles. The minimum Gasteiger partial charge on any atom is -0.309 e. The smallest absolute Gasteiger partial charge is 0.124 e. The Hall–Kier alpha value is -1.78. The van der Waals surface area contributed by atoms with Crippen LogP contribution in [-0.2, 0) is 0 Å². The van der Waals surface area contributed by atoms with Gasteiger partial charge >= 0.3 is 0 Å². The van der Waals surface area contributed by atoms with Gasteiger partial charge in [0.1, 0.15) is 11.6 Å². The van der Waals surface area contributed by atoms with Crippen molar-refractivity contribution < 1.29 is 8.78 Å². The zero-order valence-electron chi connectivity index (χ0n) is 10.9. The van der Waals surface area contributed by atoms with Crippen molar-refractivity contribution in [2.75, 3.05) is 7.05 Å². The van der Waals surface area contributed by atoms with Gasteiger partial charge in [0.2, 0.25) is 0 Å². The standard InChI is InChI=1S/C16H13F2NS/c1-19-16(11-3-2-4-12(17)7-11)15-8-10-5-6-13(18)9-14(10)20-15/h2-9,16,19H,1H3. The average Bonchev–Trinajstić information content (AvgIpc) is 2.82. The minimum absolute atomic E-state index is 0.0915. The van der Waals surface area contributed by atoms with Gasteiger partial charge in [0, 0.05) is 9.58 Å². The van der Waals surface area contributed by atoms with Crippen molar-refractivity contribution >= 4 is 21.4 Å². The quantitative estimate of drug-likeness (QED) is 0.749. The highest BCUT2D eigenvalue weighted by atomic mass is 32.1. The summed E-state index contributed by atoms with van der Waals surface area (Å²) in [5, 5.41) is 4.19. The van der Waals surface area contributed by atoms with Crippen molar-refractivity contribution in [1.82, 2.24) is 5.32 Å². The molecule has 4 heteroatoms. The number of thiophene rings is 1. The molecule has 1 unspecified atom stereocenters. The molecule has 0 fully saturated rings. The molecule has 1 atom stereocenters. The third-order valence-corrected chi connectivity index (χ3v) is 4.42. The van der Waals surface area contributed by atoms with Gasteiger partial charge in [-0.2, -0.15) is 0 Å². The molecule has 3 aromatic rings. The van der Waals surface area contributed by atoms with Crippen LogP contribution < -0.4 is 5.32 Å². The number of hydrogen-bond donors (Lipinski definition) is 1. The van der Waals surface area contributed by atoms with Gasteiger partial charge in [-0.1, -0.05) is 18.2 Å². The zero-order chi connectivity index (χ0) is 14.1. The molecular weight excluding hydrogens is 276 g/mol. The molecule has 0 spiro atoms. The van der Waals surface area contributed by atoms with E-state index < -0.39 is 0 Å². The normalized spacial score (nSPS) is 12.8. The average molecular weight is 289 g/mol. The van der Waals surface area contributed by atoms with Crippen LogP contribution in [0.3, 0.4) is 0 Å².